The van der Waals surface area contributed by atoms with Crippen LogP contribution in [0.15, 0.2) is 0 Å². The normalized spacial score (nSPS) is 29.3. The van der Waals surface area contributed by atoms with Crippen LogP contribution in [-0.4, -0.2) is 24.2 Å². The Morgan fingerprint density at radius 1 is 1.33 bits per heavy atom. The van der Waals surface area contributed by atoms with E-state index < -0.39 is 24.6 Å². The van der Waals surface area contributed by atoms with Gasteiger partial charge in [0.05, 0.1) is 6.42 Å². The summed E-state index contributed by atoms with van der Waals surface area (Å²) in [5.74, 6) is 0.141. The highest BCUT2D eigenvalue weighted by Gasteiger charge is 2.42. The Bertz CT molecular complexity index is 278. The lowest BCUT2D eigenvalue weighted by molar-refractivity contribution is -0.160. The number of halogens is 3. The average Bonchev–Trinajstić information content (AvgIpc) is 2.28. The molecule has 106 valence electrons. The van der Waals surface area contributed by atoms with E-state index in [1.54, 1.807) is 6.92 Å². The summed E-state index contributed by atoms with van der Waals surface area (Å²) < 4.78 is 42.0. The molecule has 0 bridgehead atoms. The van der Waals surface area contributed by atoms with Gasteiger partial charge in [0.2, 0.25) is 0 Å². The molecule has 1 rings (SSSR count). The van der Waals surface area contributed by atoms with Gasteiger partial charge in [0.25, 0.3) is 0 Å². The lowest BCUT2D eigenvalue weighted by Gasteiger charge is -2.38. The zero-order valence-corrected chi connectivity index (χ0v) is 11.0. The molecule has 0 aromatic carbocycles. The first-order valence-electron chi connectivity index (χ1n) is 6.53. The molecule has 1 aliphatic carbocycles. The molecule has 18 heavy (non-hydrogen) atoms. The van der Waals surface area contributed by atoms with Gasteiger partial charge < -0.3 is 4.74 Å². The molecule has 0 aliphatic heterocycles. The van der Waals surface area contributed by atoms with Gasteiger partial charge in [-0.2, -0.15) is 13.2 Å². The van der Waals surface area contributed by atoms with Gasteiger partial charge in [-0.1, -0.05) is 6.92 Å². The van der Waals surface area contributed by atoms with Gasteiger partial charge >= 0.3 is 6.18 Å². The van der Waals surface area contributed by atoms with Crippen molar-refractivity contribution in [2.24, 2.45) is 5.92 Å². The fraction of sp³-hybridized carbons (Fsp3) is 0.923. The zero-order chi connectivity index (χ0) is 13.8. The van der Waals surface area contributed by atoms with Crippen molar-refractivity contribution in [3.8, 4) is 0 Å². The van der Waals surface area contributed by atoms with Crippen LogP contribution in [0, 0.1) is 5.92 Å². The molecule has 0 N–H and O–H groups in total. The van der Waals surface area contributed by atoms with Gasteiger partial charge in [-0.15, -0.1) is 0 Å². The van der Waals surface area contributed by atoms with Crippen molar-refractivity contribution in [3.63, 3.8) is 0 Å². The van der Waals surface area contributed by atoms with Crippen LogP contribution in [0.25, 0.3) is 0 Å². The number of rotatable bonds is 5. The van der Waals surface area contributed by atoms with Crippen LogP contribution in [0.3, 0.4) is 0 Å². The summed E-state index contributed by atoms with van der Waals surface area (Å²) in [6, 6.07) is 0. The van der Waals surface area contributed by atoms with E-state index in [0.29, 0.717) is 25.4 Å². The van der Waals surface area contributed by atoms with E-state index in [-0.39, 0.29) is 5.78 Å². The molecule has 0 aromatic heterocycles. The smallest absolute Gasteiger partial charge is 0.368 e. The molecule has 0 unspecified atom stereocenters. The first-order chi connectivity index (χ1) is 8.29. The van der Waals surface area contributed by atoms with Crippen molar-refractivity contribution >= 4 is 5.78 Å². The Kier molecular flexibility index (Phi) is 5.20. The zero-order valence-electron chi connectivity index (χ0n) is 11.0. The van der Waals surface area contributed by atoms with Crippen LogP contribution in [0.2, 0.25) is 0 Å². The second-order valence-electron chi connectivity index (χ2n) is 5.15. The van der Waals surface area contributed by atoms with E-state index >= 15 is 0 Å². The third-order valence-electron chi connectivity index (χ3n) is 3.65. The van der Waals surface area contributed by atoms with Crippen molar-refractivity contribution in [2.75, 3.05) is 6.61 Å². The van der Waals surface area contributed by atoms with Gasteiger partial charge in [-0.25, -0.2) is 0 Å². The molecule has 0 spiro atoms. The Morgan fingerprint density at radius 2 is 1.89 bits per heavy atom. The molecule has 1 saturated carbocycles. The molecule has 0 heterocycles. The Labute approximate surface area is 106 Å². The van der Waals surface area contributed by atoms with Crippen molar-refractivity contribution in [1.29, 1.82) is 0 Å². The number of ether oxygens (including phenoxy) is 1. The number of carbonyl (C=O) groups excluding carboxylic acids is 1. The monoisotopic (exact) mass is 266 g/mol. The fourth-order valence-electron chi connectivity index (χ4n) is 2.49. The van der Waals surface area contributed by atoms with Gasteiger partial charge in [-0.3, -0.25) is 4.79 Å². The molecule has 1 aliphatic rings. The third kappa shape index (κ3) is 4.26. The van der Waals surface area contributed by atoms with Crippen molar-refractivity contribution in [2.45, 2.75) is 64.1 Å². The molecular weight excluding hydrogens is 245 g/mol. The molecule has 5 heteroatoms. The summed E-state index contributed by atoms with van der Waals surface area (Å²) in [6.45, 7) is 4.24. The van der Waals surface area contributed by atoms with E-state index in [0.717, 1.165) is 12.8 Å². The van der Waals surface area contributed by atoms with Crippen LogP contribution in [-0.2, 0) is 9.53 Å². The third-order valence-corrected chi connectivity index (χ3v) is 3.65. The van der Waals surface area contributed by atoms with Gasteiger partial charge in [0, 0.05) is 13.0 Å². The molecule has 0 saturated heterocycles. The second kappa shape index (κ2) is 6.04. The van der Waals surface area contributed by atoms with Crippen molar-refractivity contribution in [3.05, 3.63) is 0 Å². The highest BCUT2D eigenvalue weighted by Crippen LogP contribution is 2.37. The number of carbonyl (C=O) groups is 1. The minimum atomic E-state index is -4.27. The standard InChI is InChI=1S/C13H21F3O2/c1-3-18-12(7-4-10(2)5-8-12)11(17)6-9-13(14,15)16/h10H,3-9H2,1-2H3. The van der Waals surface area contributed by atoms with E-state index in [2.05, 4.69) is 6.92 Å². The molecular formula is C13H21F3O2. The highest BCUT2D eigenvalue weighted by atomic mass is 19.4. The Hall–Kier alpha value is -0.580. The number of ketones is 1. The number of hydrogen-bond donors (Lipinski definition) is 0. The van der Waals surface area contributed by atoms with Gasteiger partial charge in [0.1, 0.15) is 5.60 Å². The molecule has 0 amide bonds. The minimum Gasteiger partial charge on any atom is -0.368 e. The maximum absolute atomic E-state index is 12.2. The van der Waals surface area contributed by atoms with Crippen molar-refractivity contribution in [1.82, 2.24) is 0 Å². The van der Waals surface area contributed by atoms with Crippen molar-refractivity contribution < 1.29 is 22.7 Å². The Balaban J connectivity index is 2.63. The molecule has 0 aromatic rings. The first kappa shape index (κ1) is 15.5. The fourth-order valence-corrected chi connectivity index (χ4v) is 2.49. The Morgan fingerprint density at radius 3 is 2.33 bits per heavy atom. The largest absolute Gasteiger partial charge is 0.389 e. The second-order valence-corrected chi connectivity index (χ2v) is 5.15. The maximum Gasteiger partial charge on any atom is 0.389 e. The lowest BCUT2D eigenvalue weighted by Crippen LogP contribution is -2.45. The molecule has 0 radical (unpaired) electrons. The SMILES string of the molecule is CCOC1(C(=O)CCC(F)(F)F)CCC(C)CC1. The van der Waals surface area contributed by atoms with Gasteiger partial charge in [0.15, 0.2) is 5.78 Å². The predicted molar refractivity (Wildman–Crippen MR) is 62.3 cm³/mol. The van der Waals surface area contributed by atoms with E-state index in [1.165, 1.54) is 0 Å². The summed E-state index contributed by atoms with van der Waals surface area (Å²) in [5.41, 5.74) is -0.952. The van der Waals surface area contributed by atoms with Crippen LogP contribution < -0.4 is 0 Å². The van der Waals surface area contributed by atoms with Crippen LogP contribution in [0.1, 0.15) is 52.4 Å². The molecule has 0 atom stereocenters. The summed E-state index contributed by atoms with van der Waals surface area (Å²) in [4.78, 5) is 12.0. The first-order valence-corrected chi connectivity index (χ1v) is 6.53. The lowest BCUT2D eigenvalue weighted by atomic mass is 9.76. The average molecular weight is 266 g/mol. The van der Waals surface area contributed by atoms with Crippen LogP contribution in [0.5, 0.6) is 0 Å². The number of hydrogen-bond acceptors (Lipinski definition) is 2. The summed E-state index contributed by atoms with van der Waals surface area (Å²) in [5, 5.41) is 0. The summed E-state index contributed by atoms with van der Waals surface area (Å²) >= 11 is 0. The highest BCUT2D eigenvalue weighted by molar-refractivity contribution is 5.87. The molecule has 1 fully saturated rings. The molecule has 2 nitrogen and oxygen atoms in total. The van der Waals surface area contributed by atoms with Crippen LogP contribution >= 0.6 is 0 Å². The van der Waals surface area contributed by atoms with Crippen LogP contribution in [0.4, 0.5) is 13.2 Å². The van der Waals surface area contributed by atoms with Gasteiger partial charge in [-0.05, 0) is 38.5 Å². The predicted octanol–water partition coefficient (Wildman–Crippen LogP) is 3.88. The van der Waals surface area contributed by atoms with E-state index in [9.17, 15) is 18.0 Å². The number of alkyl halides is 3. The summed E-state index contributed by atoms with van der Waals surface area (Å²) in [7, 11) is 0. The number of Topliss-reactive ketones (excluding diaryl/α,β-unsaturated/α-hetero) is 1. The summed E-state index contributed by atoms with van der Waals surface area (Å²) in [6.07, 6.45) is -2.98. The topological polar surface area (TPSA) is 26.3 Å². The van der Waals surface area contributed by atoms with E-state index in [4.69, 9.17) is 4.74 Å². The van der Waals surface area contributed by atoms with E-state index in [1.807, 2.05) is 0 Å². The quantitative estimate of drug-likeness (QED) is 0.754. The minimum absolute atomic E-state index is 0.367. The maximum atomic E-state index is 12.2.